The Morgan fingerprint density at radius 2 is 1.69 bits per heavy atom. The molecule has 71 heavy (non-hydrogen) atoms. The summed E-state index contributed by atoms with van der Waals surface area (Å²) >= 11 is 1.16. The fourth-order valence-electron chi connectivity index (χ4n) is 7.64. The van der Waals surface area contributed by atoms with E-state index in [1.807, 2.05) is 30.3 Å². The Morgan fingerprint density at radius 3 is 2.38 bits per heavy atom. The lowest BCUT2D eigenvalue weighted by Crippen LogP contribution is -2.47. The maximum absolute atomic E-state index is 15.0. The highest BCUT2D eigenvalue weighted by molar-refractivity contribution is 8.15. The van der Waals surface area contributed by atoms with Crippen LogP contribution in [0, 0.1) is 11.6 Å². The summed E-state index contributed by atoms with van der Waals surface area (Å²) in [5, 5.41) is 17.4. The van der Waals surface area contributed by atoms with Crippen LogP contribution < -0.4 is 26.0 Å². The summed E-state index contributed by atoms with van der Waals surface area (Å²) < 4.78 is 75.6. The van der Waals surface area contributed by atoms with Crippen molar-refractivity contribution in [2.24, 2.45) is 17.9 Å². The molecule has 21 nitrogen and oxygen atoms in total. The number of carbonyl (C=O) groups is 2. The van der Waals surface area contributed by atoms with E-state index in [-0.39, 0.29) is 49.5 Å². The molecular weight excluding hydrogens is 952 g/mol. The number of alkyl halides is 1. The van der Waals surface area contributed by atoms with Gasteiger partial charge in [0.25, 0.3) is 5.88 Å². The van der Waals surface area contributed by atoms with Gasteiger partial charge in [-0.1, -0.05) is 48.7 Å². The number of nitrogens with zero attached hydrogens (tertiary/aromatic N) is 10. The van der Waals surface area contributed by atoms with Crippen LogP contribution in [0.5, 0.6) is 5.88 Å². The number of halogens is 3. The molecule has 3 atom stereocenters. The Labute approximate surface area is 412 Å². The molecule has 2 aromatic carbocycles. The second kappa shape index (κ2) is 25.2. The zero-order valence-electron chi connectivity index (χ0n) is 39.7. The number of aryl methyl sites for hydroxylation is 1. The van der Waals surface area contributed by atoms with Gasteiger partial charge in [0.1, 0.15) is 33.4 Å². The normalized spacial score (nSPS) is 17.8. The van der Waals surface area contributed by atoms with Crippen LogP contribution in [0.15, 0.2) is 78.8 Å². The van der Waals surface area contributed by atoms with Gasteiger partial charge in [-0.05, 0) is 49.2 Å². The van der Waals surface area contributed by atoms with Gasteiger partial charge in [0.15, 0.2) is 17.0 Å². The number of anilines is 3. The number of hydrogen-bond acceptors (Lipinski definition) is 17. The number of nitrogens with two attached hydrogens (primary N) is 1. The number of urea groups is 1. The number of benzene rings is 2. The van der Waals surface area contributed by atoms with Crippen LogP contribution in [0.3, 0.4) is 0 Å². The molecule has 2 aliphatic heterocycles. The van der Waals surface area contributed by atoms with E-state index >= 15 is 0 Å². The summed E-state index contributed by atoms with van der Waals surface area (Å²) in [5.74, 6) is -0.808. The van der Waals surface area contributed by atoms with Gasteiger partial charge >= 0.3 is 6.03 Å². The predicted molar refractivity (Wildman–Crippen MR) is 259 cm³/mol. The van der Waals surface area contributed by atoms with Crippen molar-refractivity contribution >= 4 is 57.4 Å². The molecule has 3 amide bonds. The Morgan fingerprint density at radius 1 is 0.986 bits per heavy atom. The number of aromatic nitrogens is 6. The summed E-state index contributed by atoms with van der Waals surface area (Å²) in [6, 6.07) is 11.0. The topological polar surface area (TPSA) is 223 Å². The Bertz CT molecular complexity index is 2610. The fraction of sp³-hybridized carbons (Fsp3) is 0.457. The van der Waals surface area contributed by atoms with Gasteiger partial charge in [0, 0.05) is 26.2 Å². The molecule has 382 valence electrons. The summed E-state index contributed by atoms with van der Waals surface area (Å²) in [6.07, 6.45) is 4.04. The molecule has 2 aliphatic rings. The average molecular weight is 1010 g/mol. The molecule has 7 rings (SSSR count). The van der Waals surface area contributed by atoms with Gasteiger partial charge in [0.05, 0.1) is 98.2 Å². The molecular formula is C46H58F3N13O8S. The quantitative estimate of drug-likeness (QED) is 0.0375. The number of ether oxygens (including phenoxy) is 5. The van der Waals surface area contributed by atoms with E-state index in [0.29, 0.717) is 94.1 Å². The van der Waals surface area contributed by atoms with Gasteiger partial charge in [-0.25, -0.2) is 28.0 Å². The van der Waals surface area contributed by atoms with E-state index in [2.05, 4.69) is 42.4 Å². The number of thioether (sulfide) groups is 1. The number of imidazole rings is 1. The van der Waals surface area contributed by atoms with Gasteiger partial charge in [-0.2, -0.15) is 20.1 Å². The van der Waals surface area contributed by atoms with Crippen molar-refractivity contribution in [2.45, 2.75) is 36.5 Å². The van der Waals surface area contributed by atoms with Crippen molar-refractivity contribution in [3.8, 4) is 5.88 Å². The minimum atomic E-state index is -1.33. The number of methoxy groups -OCH3 is 1. The van der Waals surface area contributed by atoms with Gasteiger partial charge < -0.3 is 49.5 Å². The molecule has 1 unspecified atom stereocenters. The van der Waals surface area contributed by atoms with Crippen molar-refractivity contribution in [1.82, 2.24) is 44.7 Å². The van der Waals surface area contributed by atoms with Crippen LogP contribution in [-0.4, -0.2) is 162 Å². The molecule has 0 bridgehead atoms. The molecule has 0 radical (unpaired) electrons. The van der Waals surface area contributed by atoms with E-state index in [1.165, 1.54) is 19.2 Å². The highest BCUT2D eigenvalue weighted by Gasteiger charge is 2.50. The Hall–Kier alpha value is -6.35. The van der Waals surface area contributed by atoms with Crippen molar-refractivity contribution in [2.75, 3.05) is 103 Å². The van der Waals surface area contributed by atoms with Crippen LogP contribution >= 0.6 is 11.8 Å². The van der Waals surface area contributed by atoms with Crippen LogP contribution in [0.1, 0.15) is 24.0 Å². The van der Waals surface area contributed by atoms with Crippen LogP contribution in [0.2, 0.25) is 0 Å². The first-order valence-corrected chi connectivity index (χ1v) is 23.7. The summed E-state index contributed by atoms with van der Waals surface area (Å²) in [4.78, 5) is 45.8. The van der Waals surface area contributed by atoms with Crippen molar-refractivity contribution in [3.05, 3.63) is 96.5 Å². The smallest absolute Gasteiger partial charge is 0.365 e. The SMILES string of the molecule is C=CC(=O)N[C@@H]1CN(c2nc(Nc3cn(CCOCCOCCOCCOCCON(C)C(=O)N4N=C(c5cc(F)ccc5F)SC4(CCCN)c4ccccc4)nc3OC)c3ncn(C)c3n2)C[C@H]1F. The molecule has 1 fully saturated rings. The van der Waals surface area contributed by atoms with Crippen LogP contribution in [0.25, 0.3) is 11.2 Å². The fourth-order valence-corrected chi connectivity index (χ4v) is 9.05. The lowest BCUT2D eigenvalue weighted by atomic mass is 10.0. The number of fused-ring (bicyclic) bond motifs is 1. The lowest BCUT2D eigenvalue weighted by Gasteiger charge is -2.37. The number of carbonyl (C=O) groups excluding carboxylic acids is 2. The molecule has 4 N–H and O–H groups in total. The van der Waals surface area contributed by atoms with Crippen molar-refractivity contribution in [3.63, 3.8) is 0 Å². The number of hydrogen-bond donors (Lipinski definition) is 3. The summed E-state index contributed by atoms with van der Waals surface area (Å²) in [7, 11) is 4.75. The molecule has 0 aliphatic carbocycles. The Balaban J connectivity index is 0.779. The van der Waals surface area contributed by atoms with Gasteiger partial charge in [-0.3, -0.25) is 14.3 Å². The van der Waals surface area contributed by atoms with E-state index < -0.39 is 40.7 Å². The molecule has 0 spiro atoms. The molecule has 25 heteroatoms. The van der Waals surface area contributed by atoms with Crippen LogP contribution in [-0.2, 0) is 47.0 Å². The maximum atomic E-state index is 15.0. The standard InChI is InChI=1S/C46H58F3N13O8S/c1-5-38(63)52-36-28-60(27-35(36)49)44-54-40(39-41(55-44)58(2)30-51-39)53-37-29-61(56-42(37)65-4)16-17-66-18-19-67-20-21-68-22-23-69-24-25-70-59(3)45(64)62-46(14-9-15-50,31-10-7-6-8-11-31)71-43(57-62)33-26-32(47)12-13-34(33)48/h5-8,10-13,26,29-30,35-36H,1,9,14-25,27-28,50H2,2-4H3,(H,52,63)(H,53,54,55)/t35-,36-,46?/m1/s1. The minimum Gasteiger partial charge on any atom is -0.478 e. The monoisotopic (exact) mass is 1010 g/mol. The number of amides is 3. The first-order valence-electron chi connectivity index (χ1n) is 22.8. The molecule has 3 aromatic heterocycles. The Kier molecular flexibility index (Phi) is 18.6. The number of hydrazone groups is 1. The lowest BCUT2D eigenvalue weighted by molar-refractivity contribution is -0.126. The summed E-state index contributed by atoms with van der Waals surface area (Å²) in [5.41, 5.74) is 8.12. The van der Waals surface area contributed by atoms with E-state index in [9.17, 15) is 22.8 Å². The third-order valence-electron chi connectivity index (χ3n) is 11.2. The maximum Gasteiger partial charge on any atom is 0.365 e. The third-order valence-corrected chi connectivity index (χ3v) is 12.7. The van der Waals surface area contributed by atoms with Crippen LogP contribution in [0.4, 0.5) is 35.4 Å². The largest absolute Gasteiger partial charge is 0.478 e. The van der Waals surface area contributed by atoms with E-state index in [1.54, 1.807) is 33.7 Å². The van der Waals surface area contributed by atoms with E-state index in [4.69, 9.17) is 34.3 Å². The third kappa shape index (κ3) is 13.1. The first-order chi connectivity index (χ1) is 34.4. The molecule has 0 saturated carbocycles. The number of rotatable bonds is 27. The zero-order chi connectivity index (χ0) is 50.3. The number of nitrogens with one attached hydrogen (secondary N) is 2. The van der Waals surface area contributed by atoms with Crippen molar-refractivity contribution in [1.29, 1.82) is 0 Å². The number of hydroxylamine groups is 2. The first kappa shape index (κ1) is 52.5. The van der Waals surface area contributed by atoms with Crippen molar-refractivity contribution < 1.29 is 51.3 Å². The molecule has 5 aromatic rings. The second-order valence-corrected chi connectivity index (χ2v) is 17.4. The molecule has 1 saturated heterocycles. The average Bonchev–Trinajstić information content (AvgIpc) is 4.17. The van der Waals surface area contributed by atoms with E-state index in [0.717, 1.165) is 46.7 Å². The minimum absolute atomic E-state index is 0.00710. The predicted octanol–water partition coefficient (Wildman–Crippen LogP) is 4.47. The zero-order valence-corrected chi connectivity index (χ0v) is 40.5. The summed E-state index contributed by atoms with van der Waals surface area (Å²) in [6.45, 7) is 6.85. The highest BCUT2D eigenvalue weighted by Crippen LogP contribution is 2.51. The molecule has 5 heterocycles. The second-order valence-electron chi connectivity index (χ2n) is 16.1. The van der Waals surface area contributed by atoms with Gasteiger partial charge in [-0.15, -0.1) is 5.10 Å². The van der Waals surface area contributed by atoms with Gasteiger partial charge in [0.2, 0.25) is 11.9 Å². The highest BCUT2D eigenvalue weighted by atomic mass is 32.2.